The lowest BCUT2D eigenvalue weighted by atomic mass is 10.2. The predicted octanol–water partition coefficient (Wildman–Crippen LogP) is 0.677. The van der Waals surface area contributed by atoms with E-state index in [1.54, 1.807) is 7.11 Å². The normalized spacial score (nSPS) is 24.8. The molecule has 5 heteroatoms. The summed E-state index contributed by atoms with van der Waals surface area (Å²) in [6.07, 6.45) is 3.70. The Balaban J connectivity index is 1.69. The lowest BCUT2D eigenvalue weighted by Gasteiger charge is -2.38. The van der Waals surface area contributed by atoms with Crippen LogP contribution in [0.5, 0.6) is 0 Å². The van der Waals surface area contributed by atoms with Crippen LogP contribution in [-0.4, -0.2) is 67.4 Å². The number of methoxy groups -OCH3 is 1. The average molecular weight is 257 g/mol. The number of nitrogens with one attached hydrogen (secondary N) is 1. The highest BCUT2D eigenvalue weighted by molar-refractivity contribution is 7.80. The second kappa shape index (κ2) is 6.52. The van der Waals surface area contributed by atoms with E-state index in [9.17, 15) is 0 Å². The van der Waals surface area contributed by atoms with Crippen molar-refractivity contribution in [1.82, 2.24) is 15.1 Å². The quantitative estimate of drug-likeness (QED) is 0.590. The van der Waals surface area contributed by atoms with Crippen molar-refractivity contribution in [3.05, 3.63) is 0 Å². The second-order valence-corrected chi connectivity index (χ2v) is 5.24. The standard InChI is InChI=1S/C12H23N3OS/c1-16-9-3-5-13-12(17)15-8-7-14-6-2-4-11(14)10-15/h11H,2-10H2,1H3,(H,13,17). The molecular formula is C12H23N3OS. The van der Waals surface area contributed by atoms with Crippen molar-refractivity contribution in [3.63, 3.8) is 0 Å². The first-order valence-corrected chi connectivity index (χ1v) is 6.98. The minimum absolute atomic E-state index is 0.738. The van der Waals surface area contributed by atoms with Gasteiger partial charge < -0.3 is 15.0 Å². The Morgan fingerprint density at radius 1 is 1.41 bits per heavy atom. The van der Waals surface area contributed by atoms with Crippen molar-refractivity contribution in [3.8, 4) is 0 Å². The van der Waals surface area contributed by atoms with Crippen LogP contribution in [0.3, 0.4) is 0 Å². The van der Waals surface area contributed by atoms with Crippen molar-refractivity contribution < 1.29 is 4.74 Å². The van der Waals surface area contributed by atoms with Gasteiger partial charge in [-0.05, 0) is 38.0 Å². The minimum Gasteiger partial charge on any atom is -0.385 e. The summed E-state index contributed by atoms with van der Waals surface area (Å²) in [5, 5.41) is 4.25. The van der Waals surface area contributed by atoms with Gasteiger partial charge in [-0.25, -0.2) is 0 Å². The number of hydrogen-bond acceptors (Lipinski definition) is 3. The lowest BCUT2D eigenvalue weighted by molar-refractivity contribution is 0.150. The molecule has 0 bridgehead atoms. The van der Waals surface area contributed by atoms with E-state index in [2.05, 4.69) is 15.1 Å². The molecule has 2 rings (SSSR count). The summed E-state index contributed by atoms with van der Waals surface area (Å²) in [7, 11) is 1.73. The summed E-state index contributed by atoms with van der Waals surface area (Å²) >= 11 is 5.44. The van der Waals surface area contributed by atoms with Gasteiger partial charge in [-0.3, -0.25) is 4.90 Å². The molecule has 0 aliphatic carbocycles. The third-order valence-corrected chi connectivity index (χ3v) is 4.08. The van der Waals surface area contributed by atoms with E-state index >= 15 is 0 Å². The van der Waals surface area contributed by atoms with E-state index in [1.165, 1.54) is 25.9 Å². The van der Waals surface area contributed by atoms with Gasteiger partial charge in [0, 0.05) is 45.9 Å². The van der Waals surface area contributed by atoms with Crippen LogP contribution in [0.4, 0.5) is 0 Å². The number of hydrogen-bond donors (Lipinski definition) is 1. The van der Waals surface area contributed by atoms with Gasteiger partial charge in [-0.1, -0.05) is 0 Å². The van der Waals surface area contributed by atoms with Crippen molar-refractivity contribution in [2.24, 2.45) is 0 Å². The summed E-state index contributed by atoms with van der Waals surface area (Å²) in [5.41, 5.74) is 0. The molecule has 1 N–H and O–H groups in total. The van der Waals surface area contributed by atoms with Gasteiger partial charge in [0.2, 0.25) is 0 Å². The Labute approximate surface area is 109 Å². The molecule has 2 aliphatic rings. The Hall–Kier alpha value is -0.390. The molecular weight excluding hydrogens is 234 g/mol. The van der Waals surface area contributed by atoms with E-state index in [4.69, 9.17) is 17.0 Å². The van der Waals surface area contributed by atoms with Crippen molar-refractivity contribution >= 4 is 17.3 Å². The summed E-state index contributed by atoms with van der Waals surface area (Å²) in [6, 6.07) is 0.738. The summed E-state index contributed by atoms with van der Waals surface area (Å²) in [5.74, 6) is 0. The molecule has 0 aromatic heterocycles. The second-order valence-electron chi connectivity index (χ2n) is 4.86. The third-order valence-electron chi connectivity index (χ3n) is 3.68. The van der Waals surface area contributed by atoms with E-state index in [0.29, 0.717) is 0 Å². The van der Waals surface area contributed by atoms with Crippen LogP contribution < -0.4 is 5.32 Å². The number of rotatable bonds is 4. The van der Waals surface area contributed by atoms with E-state index < -0.39 is 0 Å². The Morgan fingerprint density at radius 2 is 2.29 bits per heavy atom. The zero-order valence-electron chi connectivity index (χ0n) is 10.7. The van der Waals surface area contributed by atoms with Gasteiger partial charge >= 0.3 is 0 Å². The molecule has 1 unspecified atom stereocenters. The molecule has 4 nitrogen and oxygen atoms in total. The molecule has 2 fully saturated rings. The third kappa shape index (κ3) is 3.53. The summed E-state index contributed by atoms with van der Waals surface area (Å²) in [6.45, 7) is 6.35. The zero-order chi connectivity index (χ0) is 12.1. The maximum Gasteiger partial charge on any atom is 0.169 e. The fraction of sp³-hybridized carbons (Fsp3) is 0.917. The highest BCUT2D eigenvalue weighted by Gasteiger charge is 2.31. The molecule has 0 aromatic carbocycles. The van der Waals surface area contributed by atoms with Crippen LogP contribution in [0.15, 0.2) is 0 Å². The smallest absolute Gasteiger partial charge is 0.169 e. The predicted molar refractivity (Wildman–Crippen MR) is 73.3 cm³/mol. The van der Waals surface area contributed by atoms with E-state index in [0.717, 1.165) is 43.8 Å². The molecule has 0 amide bonds. The van der Waals surface area contributed by atoms with Crippen molar-refractivity contribution in [2.75, 3.05) is 46.4 Å². The zero-order valence-corrected chi connectivity index (χ0v) is 11.5. The molecule has 0 saturated carbocycles. The molecule has 1 atom stereocenters. The summed E-state index contributed by atoms with van der Waals surface area (Å²) in [4.78, 5) is 4.93. The molecule has 0 spiro atoms. The van der Waals surface area contributed by atoms with Crippen LogP contribution in [-0.2, 0) is 4.74 Å². The average Bonchev–Trinajstić information content (AvgIpc) is 2.81. The van der Waals surface area contributed by atoms with Crippen LogP contribution in [0.2, 0.25) is 0 Å². The maximum absolute atomic E-state index is 5.44. The molecule has 0 radical (unpaired) electrons. The van der Waals surface area contributed by atoms with Crippen molar-refractivity contribution in [2.45, 2.75) is 25.3 Å². The fourth-order valence-corrected chi connectivity index (χ4v) is 2.97. The Bertz CT molecular complexity index is 262. The SMILES string of the molecule is COCCCNC(=S)N1CCN2CCCC2C1. The largest absolute Gasteiger partial charge is 0.385 e. The number of thiocarbonyl (C=S) groups is 1. The van der Waals surface area contributed by atoms with Crippen LogP contribution in [0.1, 0.15) is 19.3 Å². The first-order chi connectivity index (χ1) is 8.31. The van der Waals surface area contributed by atoms with Gasteiger partial charge in [-0.15, -0.1) is 0 Å². The maximum atomic E-state index is 5.44. The topological polar surface area (TPSA) is 27.7 Å². The minimum atomic E-state index is 0.738. The lowest BCUT2D eigenvalue weighted by Crippen LogP contribution is -2.54. The van der Waals surface area contributed by atoms with Crippen LogP contribution in [0.25, 0.3) is 0 Å². The highest BCUT2D eigenvalue weighted by atomic mass is 32.1. The Morgan fingerprint density at radius 3 is 3.12 bits per heavy atom. The van der Waals surface area contributed by atoms with Gasteiger partial charge in [0.15, 0.2) is 5.11 Å². The highest BCUT2D eigenvalue weighted by Crippen LogP contribution is 2.21. The van der Waals surface area contributed by atoms with Crippen molar-refractivity contribution in [1.29, 1.82) is 0 Å². The van der Waals surface area contributed by atoms with Gasteiger partial charge in [0.25, 0.3) is 0 Å². The van der Waals surface area contributed by atoms with Gasteiger partial charge in [-0.2, -0.15) is 0 Å². The number of ether oxygens (including phenoxy) is 1. The van der Waals surface area contributed by atoms with Gasteiger partial charge in [0.05, 0.1) is 0 Å². The summed E-state index contributed by atoms with van der Waals surface area (Å²) < 4.78 is 5.02. The molecule has 2 saturated heterocycles. The first kappa shape index (κ1) is 13.1. The molecule has 2 aliphatic heterocycles. The molecule has 2 heterocycles. The Kier molecular flexibility index (Phi) is 5.00. The molecule has 0 aromatic rings. The monoisotopic (exact) mass is 257 g/mol. The van der Waals surface area contributed by atoms with Crippen LogP contribution in [0, 0.1) is 0 Å². The van der Waals surface area contributed by atoms with E-state index in [-0.39, 0.29) is 0 Å². The molecule has 98 valence electrons. The number of fused-ring (bicyclic) bond motifs is 1. The van der Waals surface area contributed by atoms with Gasteiger partial charge in [0.1, 0.15) is 0 Å². The first-order valence-electron chi connectivity index (χ1n) is 6.57. The number of piperazine rings is 1. The fourth-order valence-electron chi connectivity index (χ4n) is 2.70. The van der Waals surface area contributed by atoms with Crippen LogP contribution >= 0.6 is 12.2 Å². The van der Waals surface area contributed by atoms with E-state index in [1.807, 2.05) is 0 Å². The molecule has 17 heavy (non-hydrogen) atoms. The number of nitrogens with zero attached hydrogens (tertiary/aromatic N) is 2.